The maximum absolute atomic E-state index is 6.60. The zero-order chi connectivity index (χ0) is 14.1. The molecule has 3 rings (SSSR count). The van der Waals surface area contributed by atoms with Crippen molar-refractivity contribution >= 4 is 23.2 Å². The Balaban J connectivity index is 2.03. The van der Waals surface area contributed by atoms with Gasteiger partial charge in [-0.1, -0.05) is 35.9 Å². The van der Waals surface area contributed by atoms with Crippen LogP contribution in [0.4, 0.5) is 0 Å². The molecule has 1 atom stereocenters. The molecule has 0 N–H and O–H groups in total. The monoisotopic (exact) mass is 308 g/mol. The molecule has 1 aliphatic heterocycles. The molecule has 0 saturated heterocycles. The molecule has 1 unspecified atom stereocenters. The van der Waals surface area contributed by atoms with Gasteiger partial charge in [0.25, 0.3) is 0 Å². The van der Waals surface area contributed by atoms with E-state index < -0.39 is 0 Å². The maximum Gasteiger partial charge on any atom is 0.162 e. The molecule has 1 aliphatic rings. The average molecular weight is 309 g/mol. The van der Waals surface area contributed by atoms with Crippen LogP contribution in [0.5, 0.6) is 11.5 Å². The molecule has 2 aromatic rings. The van der Waals surface area contributed by atoms with Crippen molar-refractivity contribution in [2.45, 2.75) is 12.3 Å². The molecule has 0 aliphatic carbocycles. The lowest BCUT2D eigenvalue weighted by atomic mass is 9.99. The van der Waals surface area contributed by atoms with Gasteiger partial charge in [0.05, 0.1) is 5.38 Å². The topological polar surface area (TPSA) is 18.5 Å². The first kappa shape index (κ1) is 13.6. The van der Waals surface area contributed by atoms with E-state index in [1.807, 2.05) is 37.3 Å². The Morgan fingerprint density at radius 1 is 1.00 bits per heavy atom. The highest BCUT2D eigenvalue weighted by atomic mass is 35.5. The number of benzene rings is 2. The molecule has 4 heteroatoms. The van der Waals surface area contributed by atoms with Crippen molar-refractivity contribution in [1.29, 1.82) is 0 Å². The molecule has 0 amide bonds. The van der Waals surface area contributed by atoms with E-state index >= 15 is 0 Å². The fraction of sp³-hybridized carbons (Fsp3) is 0.250. The van der Waals surface area contributed by atoms with Gasteiger partial charge in [-0.3, -0.25) is 0 Å². The second-order valence-electron chi connectivity index (χ2n) is 4.74. The zero-order valence-electron chi connectivity index (χ0n) is 11.0. The average Bonchev–Trinajstić information content (AvgIpc) is 2.46. The Labute approximate surface area is 128 Å². The van der Waals surface area contributed by atoms with Gasteiger partial charge in [-0.05, 0) is 29.7 Å². The summed E-state index contributed by atoms with van der Waals surface area (Å²) in [7, 11) is 0. The van der Waals surface area contributed by atoms with Crippen LogP contribution in [0.1, 0.15) is 22.1 Å². The smallest absolute Gasteiger partial charge is 0.162 e. The molecule has 0 radical (unpaired) electrons. The predicted molar refractivity (Wildman–Crippen MR) is 81.3 cm³/mol. The van der Waals surface area contributed by atoms with Gasteiger partial charge in [0.2, 0.25) is 0 Å². The van der Waals surface area contributed by atoms with Gasteiger partial charge < -0.3 is 9.47 Å². The second-order valence-corrected chi connectivity index (χ2v) is 5.58. The van der Waals surface area contributed by atoms with E-state index in [0.29, 0.717) is 29.7 Å². The van der Waals surface area contributed by atoms with Crippen LogP contribution in [0.2, 0.25) is 5.02 Å². The summed E-state index contributed by atoms with van der Waals surface area (Å²) in [5, 5.41) is 0.289. The van der Waals surface area contributed by atoms with E-state index in [4.69, 9.17) is 32.7 Å². The third-order valence-electron chi connectivity index (χ3n) is 3.40. The Hall–Kier alpha value is -1.38. The Kier molecular flexibility index (Phi) is 3.77. The number of rotatable bonds is 2. The lowest BCUT2D eigenvalue weighted by Gasteiger charge is -2.21. The summed E-state index contributed by atoms with van der Waals surface area (Å²) in [5.74, 6) is 1.38. The highest BCUT2D eigenvalue weighted by molar-refractivity contribution is 6.33. The minimum absolute atomic E-state index is 0.306. The molecule has 0 saturated carbocycles. The van der Waals surface area contributed by atoms with Crippen molar-refractivity contribution < 1.29 is 9.47 Å². The second kappa shape index (κ2) is 5.55. The van der Waals surface area contributed by atoms with E-state index in [1.54, 1.807) is 6.07 Å². The van der Waals surface area contributed by atoms with E-state index in [0.717, 1.165) is 16.7 Å². The highest BCUT2D eigenvalue weighted by Gasteiger charge is 2.21. The van der Waals surface area contributed by atoms with Gasteiger partial charge in [-0.2, -0.15) is 0 Å². The summed E-state index contributed by atoms with van der Waals surface area (Å²) in [6.07, 6.45) is 0. The summed E-state index contributed by atoms with van der Waals surface area (Å²) in [4.78, 5) is 0. The van der Waals surface area contributed by atoms with Crippen LogP contribution in [0.15, 0.2) is 36.4 Å². The number of hydrogen-bond donors (Lipinski definition) is 0. The van der Waals surface area contributed by atoms with Crippen LogP contribution < -0.4 is 9.47 Å². The fourth-order valence-electron chi connectivity index (χ4n) is 2.31. The summed E-state index contributed by atoms with van der Waals surface area (Å²) in [6.45, 7) is 3.13. The molecule has 1 heterocycles. The predicted octanol–water partition coefficient (Wildman–Crippen LogP) is 4.75. The van der Waals surface area contributed by atoms with E-state index in [9.17, 15) is 0 Å². The molecule has 0 bridgehead atoms. The summed E-state index contributed by atoms with van der Waals surface area (Å²) >= 11 is 12.9. The first-order chi connectivity index (χ1) is 9.66. The molecule has 104 valence electrons. The highest BCUT2D eigenvalue weighted by Crippen LogP contribution is 2.42. The first-order valence-electron chi connectivity index (χ1n) is 6.45. The van der Waals surface area contributed by atoms with Crippen molar-refractivity contribution in [3.63, 3.8) is 0 Å². The van der Waals surface area contributed by atoms with Crippen LogP contribution >= 0.6 is 23.2 Å². The fourth-order valence-corrected chi connectivity index (χ4v) is 3.06. The van der Waals surface area contributed by atoms with Crippen LogP contribution in [0.3, 0.4) is 0 Å². The number of aryl methyl sites for hydroxylation is 1. The molecule has 2 aromatic carbocycles. The Morgan fingerprint density at radius 3 is 2.35 bits per heavy atom. The molecule has 0 fully saturated rings. The summed E-state index contributed by atoms with van der Waals surface area (Å²) in [6, 6.07) is 11.7. The van der Waals surface area contributed by atoms with Crippen molar-refractivity contribution in [2.24, 2.45) is 0 Å². The van der Waals surface area contributed by atoms with E-state index in [1.165, 1.54) is 0 Å². The minimum atomic E-state index is -0.306. The van der Waals surface area contributed by atoms with E-state index in [-0.39, 0.29) is 5.38 Å². The lowest BCUT2D eigenvalue weighted by Crippen LogP contribution is -2.15. The first-order valence-corrected chi connectivity index (χ1v) is 7.27. The molecule has 2 nitrogen and oxygen atoms in total. The number of alkyl halides is 1. The van der Waals surface area contributed by atoms with Gasteiger partial charge in [0.1, 0.15) is 13.2 Å². The van der Waals surface area contributed by atoms with Gasteiger partial charge in [0.15, 0.2) is 11.5 Å². The van der Waals surface area contributed by atoms with Crippen LogP contribution in [-0.2, 0) is 0 Å². The quantitative estimate of drug-likeness (QED) is 0.745. The SMILES string of the molecule is Cc1ccccc1C(Cl)c1cc2c(cc1Cl)OCCO2. The van der Waals surface area contributed by atoms with Crippen molar-refractivity contribution in [1.82, 2.24) is 0 Å². The molecular formula is C16H14Cl2O2. The van der Waals surface area contributed by atoms with Gasteiger partial charge >= 0.3 is 0 Å². The minimum Gasteiger partial charge on any atom is -0.486 e. The van der Waals surface area contributed by atoms with Crippen LogP contribution in [0, 0.1) is 6.92 Å². The molecule has 0 spiro atoms. The molecule has 0 aromatic heterocycles. The largest absolute Gasteiger partial charge is 0.486 e. The van der Waals surface area contributed by atoms with Crippen molar-refractivity contribution in [3.8, 4) is 11.5 Å². The van der Waals surface area contributed by atoms with Gasteiger partial charge in [0, 0.05) is 11.1 Å². The third kappa shape index (κ3) is 2.46. The molecule has 20 heavy (non-hydrogen) atoms. The standard InChI is InChI=1S/C16H14Cl2O2/c1-10-4-2-3-5-11(10)16(18)12-8-14-15(9-13(12)17)20-7-6-19-14/h2-5,8-9,16H,6-7H2,1H3. The zero-order valence-corrected chi connectivity index (χ0v) is 12.5. The van der Waals surface area contributed by atoms with Gasteiger partial charge in [-0.25, -0.2) is 0 Å². The van der Waals surface area contributed by atoms with Crippen LogP contribution in [-0.4, -0.2) is 13.2 Å². The lowest BCUT2D eigenvalue weighted by molar-refractivity contribution is 0.171. The normalized spacial score (nSPS) is 14.9. The maximum atomic E-state index is 6.60. The number of hydrogen-bond acceptors (Lipinski definition) is 2. The molecular weight excluding hydrogens is 295 g/mol. The van der Waals surface area contributed by atoms with Crippen molar-refractivity contribution in [3.05, 3.63) is 58.1 Å². The summed E-state index contributed by atoms with van der Waals surface area (Å²) < 4.78 is 11.1. The Morgan fingerprint density at radius 2 is 1.65 bits per heavy atom. The Bertz CT molecular complexity index is 640. The van der Waals surface area contributed by atoms with Gasteiger partial charge in [-0.15, -0.1) is 11.6 Å². The number of halogens is 2. The van der Waals surface area contributed by atoms with E-state index in [2.05, 4.69) is 0 Å². The summed E-state index contributed by atoms with van der Waals surface area (Å²) in [5.41, 5.74) is 3.03. The third-order valence-corrected chi connectivity index (χ3v) is 4.19. The number of ether oxygens (including phenoxy) is 2. The van der Waals surface area contributed by atoms with Crippen molar-refractivity contribution in [2.75, 3.05) is 13.2 Å². The number of fused-ring (bicyclic) bond motifs is 1. The van der Waals surface area contributed by atoms with Crippen LogP contribution in [0.25, 0.3) is 0 Å².